The number of primary amides is 1. The third kappa shape index (κ3) is 4.72. The van der Waals surface area contributed by atoms with E-state index in [-0.39, 0.29) is 29.8 Å². The van der Waals surface area contributed by atoms with Gasteiger partial charge in [0, 0.05) is 13.2 Å². The summed E-state index contributed by atoms with van der Waals surface area (Å²) in [5.74, 6) is 4.69. The molecule has 2 rings (SSSR count). The molecule has 0 aliphatic rings. The number of hydrogen-bond acceptors (Lipinski definition) is 4. The highest BCUT2D eigenvalue weighted by Crippen LogP contribution is 2.16. The van der Waals surface area contributed by atoms with Crippen molar-refractivity contribution in [2.24, 2.45) is 12.8 Å². The minimum atomic E-state index is -0.583. The number of amides is 2. The van der Waals surface area contributed by atoms with Crippen LogP contribution in [0.5, 0.6) is 5.75 Å². The van der Waals surface area contributed by atoms with E-state index in [1.807, 2.05) is 0 Å². The highest BCUT2D eigenvalue weighted by atomic mass is 16.5. The molecule has 1 heterocycles. The summed E-state index contributed by atoms with van der Waals surface area (Å²) in [6.07, 6.45) is 1.57. The van der Waals surface area contributed by atoms with Crippen molar-refractivity contribution >= 4 is 11.8 Å². The van der Waals surface area contributed by atoms with Crippen LogP contribution in [0.15, 0.2) is 47.4 Å². The molecule has 2 amide bonds. The molecule has 0 aliphatic carbocycles. The van der Waals surface area contributed by atoms with Gasteiger partial charge in [0.2, 0.25) is 0 Å². The molecular formula is C18H17N3O4. The number of nitrogens with zero attached hydrogens (tertiary/aromatic N) is 1. The second kappa shape index (κ2) is 8.36. The lowest BCUT2D eigenvalue weighted by Crippen LogP contribution is -2.32. The minimum absolute atomic E-state index is 0.0350. The van der Waals surface area contributed by atoms with Gasteiger partial charge in [-0.15, -0.1) is 0 Å². The van der Waals surface area contributed by atoms with E-state index in [4.69, 9.17) is 10.5 Å². The zero-order chi connectivity index (χ0) is 18.2. The molecule has 0 aliphatic heterocycles. The highest BCUT2D eigenvalue weighted by molar-refractivity contribution is 5.95. The molecule has 0 bridgehead atoms. The molecule has 3 N–H and O–H groups in total. The van der Waals surface area contributed by atoms with Crippen molar-refractivity contribution in [2.45, 2.75) is 0 Å². The largest absolute Gasteiger partial charge is 0.480 e. The van der Waals surface area contributed by atoms with Gasteiger partial charge in [-0.05, 0) is 24.3 Å². The maximum atomic E-state index is 11.9. The van der Waals surface area contributed by atoms with E-state index in [1.165, 1.54) is 10.6 Å². The summed E-state index contributed by atoms with van der Waals surface area (Å²) in [7, 11) is 1.57. The first-order valence-corrected chi connectivity index (χ1v) is 7.42. The Morgan fingerprint density at radius 2 is 1.88 bits per heavy atom. The van der Waals surface area contributed by atoms with Gasteiger partial charge in [0.1, 0.15) is 17.9 Å². The molecule has 0 fully saturated rings. The molecule has 128 valence electrons. The summed E-state index contributed by atoms with van der Waals surface area (Å²) < 4.78 is 6.71. The molecule has 0 saturated heterocycles. The van der Waals surface area contributed by atoms with Crippen LogP contribution in [-0.4, -0.2) is 29.5 Å². The van der Waals surface area contributed by atoms with Crippen LogP contribution in [0.4, 0.5) is 0 Å². The van der Waals surface area contributed by atoms with Crippen molar-refractivity contribution in [3.8, 4) is 17.6 Å². The average Bonchev–Trinajstić information content (AvgIpc) is 2.60. The van der Waals surface area contributed by atoms with Crippen molar-refractivity contribution in [1.82, 2.24) is 9.88 Å². The fourth-order valence-corrected chi connectivity index (χ4v) is 2.01. The number of ether oxygens (including phenoxy) is 1. The zero-order valence-electron chi connectivity index (χ0n) is 13.6. The summed E-state index contributed by atoms with van der Waals surface area (Å²) in [6.45, 7) is 0.102. The van der Waals surface area contributed by atoms with Crippen LogP contribution in [0.1, 0.15) is 20.7 Å². The van der Waals surface area contributed by atoms with Gasteiger partial charge >= 0.3 is 0 Å². The Bertz CT molecular complexity index is 906. The van der Waals surface area contributed by atoms with E-state index in [9.17, 15) is 14.4 Å². The normalized spacial score (nSPS) is 9.64. The number of carbonyl (C=O) groups is 2. The summed E-state index contributed by atoms with van der Waals surface area (Å²) in [5.41, 5.74) is 5.20. The Morgan fingerprint density at radius 1 is 1.16 bits per heavy atom. The number of aryl methyl sites for hydroxylation is 1. The summed E-state index contributed by atoms with van der Waals surface area (Å²) >= 11 is 0. The summed E-state index contributed by atoms with van der Waals surface area (Å²) in [5, 5.41) is 2.54. The van der Waals surface area contributed by atoms with E-state index in [1.54, 1.807) is 43.6 Å². The summed E-state index contributed by atoms with van der Waals surface area (Å²) in [6, 6.07) is 9.65. The van der Waals surface area contributed by atoms with Gasteiger partial charge in [-0.2, -0.15) is 0 Å². The molecule has 1 aromatic heterocycles. The van der Waals surface area contributed by atoms with Crippen molar-refractivity contribution < 1.29 is 14.3 Å². The number of nitrogens with one attached hydrogen (secondary N) is 1. The van der Waals surface area contributed by atoms with Crippen LogP contribution in [0.25, 0.3) is 0 Å². The molecule has 7 heteroatoms. The maximum Gasteiger partial charge on any atom is 0.263 e. The SMILES string of the molecule is Cn1cccc(C(=O)NCC#CCOc2ccccc2C(N)=O)c1=O. The van der Waals surface area contributed by atoms with Gasteiger partial charge in [-0.25, -0.2) is 0 Å². The predicted molar refractivity (Wildman–Crippen MR) is 92.2 cm³/mol. The molecule has 2 aromatic rings. The maximum absolute atomic E-state index is 11.9. The first-order chi connectivity index (χ1) is 12.0. The van der Waals surface area contributed by atoms with Crippen LogP contribution in [0, 0.1) is 11.8 Å². The van der Waals surface area contributed by atoms with Crippen LogP contribution in [0.2, 0.25) is 0 Å². The Balaban J connectivity index is 1.86. The molecule has 1 aromatic carbocycles. The number of para-hydroxylation sites is 1. The quantitative estimate of drug-likeness (QED) is 0.765. The van der Waals surface area contributed by atoms with Crippen LogP contribution >= 0.6 is 0 Å². The first-order valence-electron chi connectivity index (χ1n) is 7.42. The fraction of sp³-hybridized carbons (Fsp3) is 0.167. The molecule has 0 atom stereocenters. The molecule has 0 unspecified atom stereocenters. The number of nitrogens with two attached hydrogens (primary N) is 1. The fourth-order valence-electron chi connectivity index (χ4n) is 2.01. The smallest absolute Gasteiger partial charge is 0.263 e. The number of carbonyl (C=O) groups excluding carboxylic acids is 2. The Labute approximate surface area is 144 Å². The van der Waals surface area contributed by atoms with Gasteiger partial charge < -0.3 is 20.4 Å². The van der Waals surface area contributed by atoms with Crippen molar-refractivity contribution in [3.05, 3.63) is 64.1 Å². The second-order valence-corrected chi connectivity index (χ2v) is 5.02. The Morgan fingerprint density at radius 3 is 2.64 bits per heavy atom. The summed E-state index contributed by atoms with van der Waals surface area (Å²) in [4.78, 5) is 35.0. The van der Waals surface area contributed by atoms with Crippen molar-refractivity contribution in [3.63, 3.8) is 0 Å². The topological polar surface area (TPSA) is 103 Å². The van der Waals surface area contributed by atoms with E-state index in [0.717, 1.165) is 0 Å². The van der Waals surface area contributed by atoms with Gasteiger partial charge in [0.25, 0.3) is 17.4 Å². The number of hydrogen-bond donors (Lipinski definition) is 2. The third-order valence-electron chi connectivity index (χ3n) is 3.28. The van der Waals surface area contributed by atoms with Crippen molar-refractivity contribution in [1.29, 1.82) is 0 Å². The first kappa shape index (κ1) is 17.8. The average molecular weight is 339 g/mol. The van der Waals surface area contributed by atoms with Crippen molar-refractivity contribution in [2.75, 3.05) is 13.2 Å². The van der Waals surface area contributed by atoms with E-state index in [2.05, 4.69) is 17.2 Å². The number of pyridine rings is 1. The number of rotatable bonds is 5. The third-order valence-corrected chi connectivity index (χ3v) is 3.28. The standard InChI is InChI=1S/C18H17N3O4/c1-21-11-6-8-14(18(21)24)17(23)20-10-4-5-12-25-15-9-3-2-7-13(15)16(19)22/h2-3,6-9,11H,10,12H2,1H3,(H2,19,22)(H,20,23). The highest BCUT2D eigenvalue weighted by Gasteiger charge is 2.09. The monoisotopic (exact) mass is 339 g/mol. The lowest BCUT2D eigenvalue weighted by Gasteiger charge is -2.05. The van der Waals surface area contributed by atoms with E-state index < -0.39 is 11.8 Å². The minimum Gasteiger partial charge on any atom is -0.480 e. The van der Waals surface area contributed by atoms with Gasteiger partial charge in [0.05, 0.1) is 12.1 Å². The lowest BCUT2D eigenvalue weighted by molar-refractivity contribution is 0.0955. The van der Waals surface area contributed by atoms with Gasteiger partial charge in [-0.3, -0.25) is 14.4 Å². The van der Waals surface area contributed by atoms with Crippen LogP contribution in [-0.2, 0) is 7.05 Å². The lowest BCUT2D eigenvalue weighted by atomic mass is 10.2. The van der Waals surface area contributed by atoms with E-state index in [0.29, 0.717) is 5.75 Å². The molecule has 7 nitrogen and oxygen atoms in total. The molecule has 25 heavy (non-hydrogen) atoms. The number of benzene rings is 1. The molecule has 0 radical (unpaired) electrons. The second-order valence-electron chi connectivity index (χ2n) is 5.02. The molecule has 0 spiro atoms. The number of aromatic nitrogens is 1. The Hall–Kier alpha value is -3.53. The van der Waals surface area contributed by atoms with Crippen LogP contribution < -0.4 is 21.3 Å². The van der Waals surface area contributed by atoms with E-state index >= 15 is 0 Å². The van der Waals surface area contributed by atoms with Gasteiger partial charge in [-0.1, -0.05) is 24.0 Å². The van der Waals surface area contributed by atoms with Gasteiger partial charge in [0.15, 0.2) is 0 Å². The zero-order valence-corrected chi connectivity index (χ0v) is 13.6. The predicted octanol–water partition coefficient (Wildman–Crippen LogP) is 0.296. The molecular weight excluding hydrogens is 322 g/mol. The molecule has 0 saturated carbocycles. The Kier molecular flexibility index (Phi) is 5.96. The van der Waals surface area contributed by atoms with Crippen LogP contribution in [0.3, 0.4) is 0 Å².